The molecule has 26 heavy (non-hydrogen) atoms. The van der Waals surface area contributed by atoms with Gasteiger partial charge in [0.2, 0.25) is 0 Å². The molecule has 5 nitrogen and oxygen atoms in total. The lowest BCUT2D eigenvalue weighted by atomic mass is 9.94. The van der Waals surface area contributed by atoms with Gasteiger partial charge in [0.25, 0.3) is 5.91 Å². The van der Waals surface area contributed by atoms with E-state index in [1.807, 2.05) is 57.2 Å². The molecule has 2 aromatic carbocycles. The van der Waals surface area contributed by atoms with Crippen molar-refractivity contribution in [2.24, 2.45) is 0 Å². The summed E-state index contributed by atoms with van der Waals surface area (Å²) in [6.45, 7) is 7.73. The van der Waals surface area contributed by atoms with Gasteiger partial charge in [0.05, 0.1) is 11.6 Å². The number of amides is 3. The summed E-state index contributed by atoms with van der Waals surface area (Å²) in [5.74, 6) is -0.231. The van der Waals surface area contributed by atoms with Crippen molar-refractivity contribution in [3.8, 4) is 0 Å². The van der Waals surface area contributed by atoms with Gasteiger partial charge < -0.3 is 16.0 Å². The topological polar surface area (TPSA) is 70.2 Å². The van der Waals surface area contributed by atoms with Crippen LogP contribution in [0.1, 0.15) is 35.2 Å². The second-order valence-corrected chi connectivity index (χ2v) is 6.81. The van der Waals surface area contributed by atoms with Crippen LogP contribution >= 0.6 is 0 Å². The quantitative estimate of drug-likeness (QED) is 0.787. The molecule has 0 aromatic heterocycles. The number of urea groups is 1. The number of hydrogen-bond acceptors (Lipinski definition) is 2. The zero-order valence-electron chi connectivity index (χ0n) is 15.4. The van der Waals surface area contributed by atoms with Crippen molar-refractivity contribution in [1.29, 1.82) is 0 Å². The first kappa shape index (κ1) is 17.7. The molecule has 0 unspecified atom stereocenters. The molecule has 1 atom stereocenters. The lowest BCUT2D eigenvalue weighted by Gasteiger charge is -2.28. The van der Waals surface area contributed by atoms with E-state index in [1.54, 1.807) is 6.92 Å². The van der Waals surface area contributed by atoms with Crippen molar-refractivity contribution >= 4 is 17.6 Å². The second kappa shape index (κ2) is 7.04. The summed E-state index contributed by atoms with van der Waals surface area (Å²) in [6, 6.07) is 12.9. The maximum absolute atomic E-state index is 13.0. The average Bonchev–Trinajstić information content (AvgIpc) is 2.53. The van der Waals surface area contributed by atoms with Crippen molar-refractivity contribution in [1.82, 2.24) is 10.6 Å². The smallest absolute Gasteiger partial charge is 0.319 e. The normalized spacial score (nSPS) is 16.8. The number of rotatable bonds is 3. The Morgan fingerprint density at radius 1 is 0.923 bits per heavy atom. The molecule has 3 N–H and O–H groups in total. The van der Waals surface area contributed by atoms with Crippen LogP contribution in [0.2, 0.25) is 0 Å². The number of carbonyl (C=O) groups is 2. The van der Waals surface area contributed by atoms with E-state index in [-0.39, 0.29) is 11.9 Å². The van der Waals surface area contributed by atoms with E-state index < -0.39 is 6.04 Å². The minimum absolute atomic E-state index is 0.231. The first-order chi connectivity index (χ1) is 12.3. The van der Waals surface area contributed by atoms with Gasteiger partial charge in [0.15, 0.2) is 0 Å². The van der Waals surface area contributed by atoms with Crippen molar-refractivity contribution in [2.45, 2.75) is 33.7 Å². The van der Waals surface area contributed by atoms with Crippen molar-refractivity contribution in [3.63, 3.8) is 0 Å². The Balaban J connectivity index is 1.95. The maximum atomic E-state index is 13.0. The molecule has 0 aliphatic carbocycles. The molecule has 0 saturated carbocycles. The maximum Gasteiger partial charge on any atom is 0.319 e. The summed E-state index contributed by atoms with van der Waals surface area (Å²) < 4.78 is 0. The highest BCUT2D eigenvalue weighted by molar-refractivity contribution is 6.06. The molecular formula is C21H23N3O2. The van der Waals surface area contributed by atoms with Crippen LogP contribution in [0.25, 0.3) is 0 Å². The lowest BCUT2D eigenvalue weighted by molar-refractivity contribution is -0.113. The monoisotopic (exact) mass is 349 g/mol. The molecule has 0 bridgehead atoms. The van der Waals surface area contributed by atoms with Gasteiger partial charge in [-0.05, 0) is 56.5 Å². The first-order valence-corrected chi connectivity index (χ1v) is 8.58. The molecule has 134 valence electrons. The highest BCUT2D eigenvalue weighted by atomic mass is 16.2. The Labute approximate surface area is 153 Å². The summed E-state index contributed by atoms with van der Waals surface area (Å²) in [5.41, 5.74) is 5.96. The van der Waals surface area contributed by atoms with Crippen LogP contribution in [-0.2, 0) is 4.79 Å². The van der Waals surface area contributed by atoms with Crippen LogP contribution in [0.3, 0.4) is 0 Å². The molecule has 0 fully saturated rings. The van der Waals surface area contributed by atoms with Gasteiger partial charge in [-0.3, -0.25) is 4.79 Å². The van der Waals surface area contributed by atoms with E-state index in [4.69, 9.17) is 0 Å². The van der Waals surface area contributed by atoms with Gasteiger partial charge in [0, 0.05) is 11.4 Å². The van der Waals surface area contributed by atoms with Gasteiger partial charge in [-0.2, -0.15) is 0 Å². The number of benzene rings is 2. The minimum Gasteiger partial charge on any atom is -0.327 e. The Morgan fingerprint density at radius 3 is 2.15 bits per heavy atom. The first-order valence-electron chi connectivity index (χ1n) is 8.58. The molecular weight excluding hydrogens is 326 g/mol. The third-order valence-corrected chi connectivity index (χ3v) is 4.40. The Morgan fingerprint density at radius 2 is 1.54 bits per heavy atom. The molecule has 0 radical (unpaired) electrons. The molecule has 1 heterocycles. The van der Waals surface area contributed by atoms with Gasteiger partial charge in [-0.1, -0.05) is 35.9 Å². The summed E-state index contributed by atoms with van der Waals surface area (Å²) in [7, 11) is 0. The third-order valence-electron chi connectivity index (χ3n) is 4.40. The molecule has 3 rings (SSSR count). The molecule has 1 aliphatic rings. The summed E-state index contributed by atoms with van der Waals surface area (Å²) in [5, 5.41) is 8.51. The van der Waals surface area contributed by atoms with Gasteiger partial charge in [-0.25, -0.2) is 4.79 Å². The van der Waals surface area contributed by atoms with Crippen LogP contribution in [0.4, 0.5) is 10.5 Å². The fourth-order valence-corrected chi connectivity index (χ4v) is 3.25. The van der Waals surface area contributed by atoms with Crippen molar-refractivity contribution < 1.29 is 9.59 Å². The van der Waals surface area contributed by atoms with Crippen LogP contribution < -0.4 is 16.0 Å². The van der Waals surface area contributed by atoms with Gasteiger partial charge in [0.1, 0.15) is 0 Å². The SMILES string of the molecule is CC1=C(C(=O)Nc2cc(C)cc(C)c2)[C@@H](c2ccc(C)cc2)NC(=O)N1. The average molecular weight is 349 g/mol. The van der Waals surface area contributed by atoms with E-state index in [0.29, 0.717) is 11.3 Å². The fourth-order valence-electron chi connectivity index (χ4n) is 3.25. The molecule has 0 saturated heterocycles. The van der Waals surface area contributed by atoms with Gasteiger partial charge in [-0.15, -0.1) is 0 Å². The highest BCUT2D eigenvalue weighted by Crippen LogP contribution is 2.28. The Bertz CT molecular complexity index is 878. The van der Waals surface area contributed by atoms with Gasteiger partial charge >= 0.3 is 6.03 Å². The van der Waals surface area contributed by atoms with E-state index in [0.717, 1.165) is 27.9 Å². The van der Waals surface area contributed by atoms with Crippen LogP contribution in [0.15, 0.2) is 53.7 Å². The van der Waals surface area contributed by atoms with E-state index in [1.165, 1.54) is 0 Å². The summed E-state index contributed by atoms with van der Waals surface area (Å²) >= 11 is 0. The lowest BCUT2D eigenvalue weighted by Crippen LogP contribution is -2.45. The number of hydrogen-bond donors (Lipinski definition) is 3. The second-order valence-electron chi connectivity index (χ2n) is 6.81. The standard InChI is InChI=1S/C21H23N3O2/c1-12-5-7-16(8-6-12)19-18(15(4)22-21(26)24-19)20(25)23-17-10-13(2)9-14(3)11-17/h5-11,19H,1-4H3,(H,23,25)(H2,22,24,26)/t19-/m1/s1. The molecule has 1 aliphatic heterocycles. The van der Waals surface area contributed by atoms with E-state index in [9.17, 15) is 9.59 Å². The molecule has 2 aromatic rings. The highest BCUT2D eigenvalue weighted by Gasteiger charge is 2.31. The van der Waals surface area contributed by atoms with Crippen molar-refractivity contribution in [2.75, 3.05) is 5.32 Å². The number of carbonyl (C=O) groups excluding carboxylic acids is 2. The number of anilines is 1. The summed E-state index contributed by atoms with van der Waals surface area (Å²) in [6.07, 6.45) is 0. The molecule has 3 amide bonds. The largest absolute Gasteiger partial charge is 0.327 e. The zero-order valence-corrected chi connectivity index (χ0v) is 15.4. The predicted octanol–water partition coefficient (Wildman–Crippen LogP) is 3.88. The Kier molecular flexibility index (Phi) is 4.80. The Hall–Kier alpha value is -3.08. The van der Waals surface area contributed by atoms with E-state index >= 15 is 0 Å². The third kappa shape index (κ3) is 3.77. The van der Waals surface area contributed by atoms with Crippen LogP contribution in [0, 0.1) is 20.8 Å². The fraction of sp³-hybridized carbons (Fsp3) is 0.238. The van der Waals surface area contributed by atoms with Crippen LogP contribution in [-0.4, -0.2) is 11.9 Å². The number of aryl methyl sites for hydroxylation is 3. The molecule has 0 spiro atoms. The molecule has 5 heteroatoms. The minimum atomic E-state index is -0.491. The summed E-state index contributed by atoms with van der Waals surface area (Å²) in [4.78, 5) is 24.9. The van der Waals surface area contributed by atoms with Crippen LogP contribution in [0.5, 0.6) is 0 Å². The zero-order chi connectivity index (χ0) is 18.8. The van der Waals surface area contributed by atoms with Crippen molar-refractivity contribution in [3.05, 3.63) is 76.0 Å². The van der Waals surface area contributed by atoms with E-state index in [2.05, 4.69) is 22.0 Å². The number of allylic oxidation sites excluding steroid dienone is 1. The predicted molar refractivity (Wildman–Crippen MR) is 103 cm³/mol. The number of nitrogens with one attached hydrogen (secondary N) is 3.